The van der Waals surface area contributed by atoms with Gasteiger partial charge in [0.1, 0.15) is 5.75 Å². The van der Waals surface area contributed by atoms with E-state index >= 15 is 0 Å². The van der Waals surface area contributed by atoms with Gasteiger partial charge in [-0.1, -0.05) is 6.07 Å². The zero-order valence-corrected chi connectivity index (χ0v) is 12.0. The summed E-state index contributed by atoms with van der Waals surface area (Å²) in [5.74, 6) is -2.42. The maximum Gasteiger partial charge on any atom is 1.00 e. The molecule has 16 heavy (non-hydrogen) atoms. The predicted molar refractivity (Wildman–Crippen MR) is 49.7 cm³/mol. The van der Waals surface area contributed by atoms with Crippen LogP contribution in [0.4, 0.5) is 0 Å². The molecule has 1 rings (SSSR count). The van der Waals surface area contributed by atoms with Crippen molar-refractivity contribution in [2.24, 2.45) is 0 Å². The molecule has 0 aliphatic heterocycles. The third-order valence-corrected chi connectivity index (χ3v) is 1.64. The van der Waals surface area contributed by atoms with Gasteiger partial charge in [0.05, 0.1) is 11.5 Å². The Morgan fingerprint density at radius 2 is 1.62 bits per heavy atom. The van der Waals surface area contributed by atoms with Gasteiger partial charge in [-0.05, 0) is 19.1 Å². The number of hydrogen-bond acceptors (Lipinski definition) is 4. The second-order valence-electron chi connectivity index (χ2n) is 2.55. The van der Waals surface area contributed by atoms with E-state index in [9.17, 15) is 19.8 Å². The number of carboxylic acids is 1. The van der Waals surface area contributed by atoms with Crippen LogP contribution in [0.5, 0.6) is 5.75 Å². The van der Waals surface area contributed by atoms with Gasteiger partial charge in [0.15, 0.2) is 5.78 Å². The summed E-state index contributed by atoms with van der Waals surface area (Å²) in [4.78, 5) is 21.3. The van der Waals surface area contributed by atoms with E-state index in [1.807, 2.05) is 0 Å². The summed E-state index contributed by atoms with van der Waals surface area (Å²) in [6.07, 6.45) is 0. The summed E-state index contributed by atoms with van der Waals surface area (Å²) < 4.78 is 0. The zero-order chi connectivity index (χ0) is 10.0. The fraction of sp³-hybridized carbons (Fsp3) is 0.111. The molecule has 0 aliphatic rings. The van der Waals surface area contributed by atoms with Crippen molar-refractivity contribution in [1.29, 1.82) is 0 Å². The molecule has 0 bridgehead atoms. The maximum absolute atomic E-state index is 10.9. The Hall–Kier alpha value is -0.284. The summed E-state index contributed by atoms with van der Waals surface area (Å²) in [5.41, 5.74) is -0.380. The Bertz CT molecular complexity index is 344. The summed E-state index contributed by atoms with van der Waals surface area (Å²) in [6.45, 7) is 1.24. The summed E-state index contributed by atoms with van der Waals surface area (Å²) >= 11 is 0. The summed E-state index contributed by atoms with van der Waals surface area (Å²) in [6, 6.07) is 3.91. The van der Waals surface area contributed by atoms with E-state index in [2.05, 4.69) is 0 Å². The molecule has 84 valence electrons. The number of aromatic carboxylic acids is 1. The topological polar surface area (TPSA) is 140 Å². The average molecular weight is 254 g/mol. The van der Waals surface area contributed by atoms with Gasteiger partial charge in [-0.15, -0.1) is 0 Å². The van der Waals surface area contributed by atoms with Crippen LogP contribution >= 0.6 is 0 Å². The average Bonchev–Trinajstić information content (AvgIpc) is 2.03. The molecule has 0 heterocycles. The molecule has 5 N–H and O–H groups in total. The smallest absolute Gasteiger partial charge is 0.545 e. The molecule has 0 aliphatic carbocycles. The van der Waals surface area contributed by atoms with Crippen LogP contribution in [0.2, 0.25) is 0 Å². The molecule has 0 radical (unpaired) electrons. The fourth-order valence-electron chi connectivity index (χ4n) is 0.992. The minimum absolute atomic E-state index is 0. The van der Waals surface area contributed by atoms with Crippen LogP contribution in [0.25, 0.3) is 0 Å². The number of Topliss-reactive ketones (excluding diaryl/α,β-unsaturated/α-hetero) is 1. The molecule has 0 unspecified atom stereocenters. The van der Waals surface area contributed by atoms with Crippen molar-refractivity contribution in [3.05, 3.63) is 29.3 Å². The standard InChI is InChI=1S/C9H8O4.K.2H2O/c1-5(10)6-3-2-4-7(8(6)11)9(12)13;;;/h2-4,11H,1H3,(H,12,13);;2*1H2/q;+1;;/p-1. The van der Waals surface area contributed by atoms with E-state index in [1.165, 1.54) is 25.1 Å². The fourth-order valence-corrected chi connectivity index (χ4v) is 0.992. The number of para-hydroxylation sites is 1. The van der Waals surface area contributed by atoms with Gasteiger partial charge in [-0.2, -0.15) is 0 Å². The maximum atomic E-state index is 10.9. The van der Waals surface area contributed by atoms with Crippen LogP contribution < -0.4 is 56.5 Å². The van der Waals surface area contributed by atoms with Crippen LogP contribution in [0.15, 0.2) is 18.2 Å². The minimum Gasteiger partial charge on any atom is -0.545 e. The Balaban J connectivity index is -0.000000563. The van der Waals surface area contributed by atoms with Crippen molar-refractivity contribution in [1.82, 2.24) is 0 Å². The van der Waals surface area contributed by atoms with Gasteiger partial charge in [0.2, 0.25) is 0 Å². The van der Waals surface area contributed by atoms with Crippen LogP contribution in [-0.4, -0.2) is 27.8 Å². The monoisotopic (exact) mass is 254 g/mol. The molecule has 0 aromatic heterocycles. The van der Waals surface area contributed by atoms with E-state index in [0.717, 1.165) is 0 Å². The molecule has 1 aromatic carbocycles. The van der Waals surface area contributed by atoms with Gasteiger partial charge in [-0.3, -0.25) is 4.79 Å². The quantitative estimate of drug-likeness (QED) is 0.418. The van der Waals surface area contributed by atoms with Gasteiger partial charge < -0.3 is 26.0 Å². The first-order valence-electron chi connectivity index (χ1n) is 3.58. The van der Waals surface area contributed by atoms with Gasteiger partial charge in [-0.25, -0.2) is 0 Å². The second kappa shape index (κ2) is 8.82. The Kier molecular flexibility index (Phi) is 11.6. The van der Waals surface area contributed by atoms with Crippen molar-refractivity contribution in [2.75, 3.05) is 0 Å². The molecule has 0 amide bonds. The molecule has 0 spiro atoms. The second-order valence-corrected chi connectivity index (χ2v) is 2.55. The predicted octanol–water partition coefficient (Wildman–Crippen LogP) is -4.69. The van der Waals surface area contributed by atoms with Gasteiger partial charge >= 0.3 is 51.4 Å². The first kappa shape index (κ1) is 21.0. The molecule has 0 saturated carbocycles. The van der Waals surface area contributed by atoms with Crippen LogP contribution in [0.3, 0.4) is 0 Å². The number of carbonyl (C=O) groups excluding carboxylic acids is 2. The molecule has 7 heteroatoms. The van der Waals surface area contributed by atoms with Crippen molar-refractivity contribution >= 4 is 11.8 Å². The van der Waals surface area contributed by atoms with E-state index in [4.69, 9.17) is 0 Å². The minimum atomic E-state index is -1.50. The van der Waals surface area contributed by atoms with E-state index < -0.39 is 11.7 Å². The largest absolute Gasteiger partial charge is 1.00 e. The van der Waals surface area contributed by atoms with Crippen molar-refractivity contribution < 1.29 is 82.1 Å². The Labute approximate surface area is 134 Å². The van der Waals surface area contributed by atoms with Gasteiger partial charge in [0.25, 0.3) is 0 Å². The van der Waals surface area contributed by atoms with E-state index in [1.54, 1.807) is 0 Å². The summed E-state index contributed by atoms with van der Waals surface area (Å²) in [5, 5.41) is 19.7. The Morgan fingerprint density at radius 1 is 1.19 bits per heavy atom. The number of aromatic hydroxyl groups is 1. The van der Waals surface area contributed by atoms with Crippen molar-refractivity contribution in [3.63, 3.8) is 0 Å². The first-order chi connectivity index (χ1) is 6.04. The molecule has 0 fully saturated rings. The summed E-state index contributed by atoms with van der Waals surface area (Å²) in [7, 11) is 0. The molecular weight excluding hydrogens is 243 g/mol. The number of rotatable bonds is 2. The number of ketones is 1. The van der Waals surface area contributed by atoms with Crippen molar-refractivity contribution in [3.8, 4) is 5.75 Å². The third kappa shape index (κ3) is 4.70. The first-order valence-corrected chi connectivity index (χ1v) is 3.58. The number of carbonyl (C=O) groups is 2. The van der Waals surface area contributed by atoms with E-state index in [-0.39, 0.29) is 79.2 Å². The number of phenols is 1. The SMILES string of the molecule is CC(=O)c1cccc(C(=O)[O-])c1O.O.O.[K+]. The zero-order valence-electron chi connectivity index (χ0n) is 8.90. The molecule has 6 nitrogen and oxygen atoms in total. The van der Waals surface area contributed by atoms with Crippen LogP contribution in [0.1, 0.15) is 27.6 Å². The molecular formula is C9H11KO6. The Morgan fingerprint density at radius 3 is 2.00 bits per heavy atom. The molecule has 0 saturated heterocycles. The number of carboxylic acid groups (broad SMARTS) is 1. The van der Waals surface area contributed by atoms with Crippen LogP contribution in [0, 0.1) is 0 Å². The van der Waals surface area contributed by atoms with Crippen LogP contribution in [-0.2, 0) is 0 Å². The molecule has 0 atom stereocenters. The van der Waals surface area contributed by atoms with Gasteiger partial charge in [0, 0.05) is 5.56 Å². The molecule has 1 aromatic rings. The van der Waals surface area contributed by atoms with Crippen molar-refractivity contribution in [2.45, 2.75) is 6.92 Å². The van der Waals surface area contributed by atoms with E-state index in [0.29, 0.717) is 0 Å². The normalized spacial score (nSPS) is 7.81. The number of benzene rings is 1. The third-order valence-electron chi connectivity index (χ3n) is 1.64. The number of hydrogen-bond donors (Lipinski definition) is 1.